The number of unbranched alkanes of at least 4 members (excludes halogenated alkanes) is 34. The van der Waals surface area contributed by atoms with Crippen LogP contribution in [0.4, 0.5) is 0 Å². The molecule has 2 atom stereocenters. The lowest BCUT2D eigenvalue weighted by Crippen LogP contribution is -2.45. The molecule has 0 aliphatic carbocycles. The summed E-state index contributed by atoms with van der Waals surface area (Å²) in [5.74, 6) is -0.0654. The van der Waals surface area contributed by atoms with E-state index in [9.17, 15) is 19.8 Å². The second kappa shape index (κ2) is 52.7. The number of aliphatic hydroxyl groups is 2. The summed E-state index contributed by atoms with van der Waals surface area (Å²) in [6.45, 7) is 4.89. The van der Waals surface area contributed by atoms with Crippen molar-refractivity contribution in [2.24, 2.45) is 0 Å². The van der Waals surface area contributed by atoms with E-state index < -0.39 is 12.1 Å². The second-order valence-electron chi connectivity index (χ2n) is 18.9. The molecule has 0 saturated carbocycles. The zero-order chi connectivity index (χ0) is 45.8. The molecule has 0 aliphatic heterocycles. The summed E-state index contributed by atoms with van der Waals surface area (Å²) in [6, 6.07) is -0.552. The molecule has 0 spiro atoms. The maximum atomic E-state index is 12.4. The minimum Gasteiger partial charge on any atom is -0.466 e. The molecule has 1 amide bonds. The van der Waals surface area contributed by atoms with Crippen molar-refractivity contribution >= 4 is 11.9 Å². The van der Waals surface area contributed by atoms with Crippen molar-refractivity contribution in [3.63, 3.8) is 0 Å². The highest BCUT2D eigenvalue weighted by Crippen LogP contribution is 2.16. The number of carbonyl (C=O) groups is 2. The minimum absolute atomic E-state index is 0.0142. The summed E-state index contributed by atoms with van der Waals surface area (Å²) in [5, 5.41) is 23.2. The monoisotopic (exact) mass is 886 g/mol. The van der Waals surface area contributed by atoms with Crippen LogP contribution in [0.25, 0.3) is 0 Å². The SMILES string of the molecule is CCCCC/C=C\C/C=C\CCCCCCCCCCCC(=O)OCCCCCC/C=C\CCCCCCCCCC(=O)NC(CO)C(O)CCCCCCCCCCCCCC. The topological polar surface area (TPSA) is 95.9 Å². The number of amides is 1. The highest BCUT2D eigenvalue weighted by Gasteiger charge is 2.20. The largest absolute Gasteiger partial charge is 0.466 e. The minimum atomic E-state index is -0.674. The molecule has 370 valence electrons. The first-order valence-corrected chi connectivity index (χ1v) is 27.7. The number of rotatable bonds is 51. The van der Waals surface area contributed by atoms with Crippen molar-refractivity contribution < 1.29 is 24.5 Å². The van der Waals surface area contributed by atoms with Gasteiger partial charge in [0.05, 0.1) is 25.4 Å². The van der Waals surface area contributed by atoms with Gasteiger partial charge in [0.1, 0.15) is 0 Å². The Balaban J connectivity index is 3.45. The van der Waals surface area contributed by atoms with E-state index in [0.29, 0.717) is 25.9 Å². The second-order valence-corrected chi connectivity index (χ2v) is 18.9. The predicted molar refractivity (Wildman–Crippen MR) is 273 cm³/mol. The number of esters is 1. The van der Waals surface area contributed by atoms with Gasteiger partial charge in [0, 0.05) is 12.8 Å². The maximum Gasteiger partial charge on any atom is 0.305 e. The van der Waals surface area contributed by atoms with E-state index in [-0.39, 0.29) is 18.5 Å². The Morgan fingerprint density at radius 2 is 0.794 bits per heavy atom. The molecule has 0 radical (unpaired) electrons. The number of nitrogens with one attached hydrogen (secondary N) is 1. The van der Waals surface area contributed by atoms with Crippen LogP contribution < -0.4 is 5.32 Å². The van der Waals surface area contributed by atoms with Crippen LogP contribution in [-0.4, -0.2) is 47.4 Å². The number of ether oxygens (including phenoxy) is 1. The quantitative estimate of drug-likeness (QED) is 0.0321. The Hall–Kier alpha value is -1.92. The van der Waals surface area contributed by atoms with Crippen LogP contribution in [0, 0.1) is 0 Å². The van der Waals surface area contributed by atoms with Crippen LogP contribution in [0.1, 0.15) is 290 Å². The lowest BCUT2D eigenvalue weighted by Gasteiger charge is -2.22. The highest BCUT2D eigenvalue weighted by atomic mass is 16.5. The fraction of sp³-hybridized carbons (Fsp3) is 0.860. The maximum absolute atomic E-state index is 12.4. The van der Waals surface area contributed by atoms with E-state index in [1.807, 2.05) is 0 Å². The molecule has 0 bridgehead atoms. The molecule has 0 aromatic carbocycles. The van der Waals surface area contributed by atoms with Crippen molar-refractivity contribution in [1.82, 2.24) is 5.32 Å². The van der Waals surface area contributed by atoms with Gasteiger partial charge in [-0.3, -0.25) is 9.59 Å². The third-order valence-electron chi connectivity index (χ3n) is 12.7. The molecule has 0 aromatic heterocycles. The van der Waals surface area contributed by atoms with Crippen molar-refractivity contribution in [2.45, 2.75) is 302 Å². The standard InChI is InChI=1S/C57H107NO5/c1-3-5-7-9-11-13-15-17-18-19-20-21-24-27-31-35-39-43-47-51-57(62)63-52-48-44-40-36-32-28-25-22-23-26-30-34-38-42-46-50-56(61)58-54(53-59)55(60)49-45-41-37-33-29-16-14-12-10-8-6-4-2/h11,13,17-18,25,28,54-55,59-60H,3-10,12,14-16,19-24,26-27,29-53H2,1-2H3,(H,58,61)/b13-11-,18-17-,28-25-. The number of hydrogen-bond acceptors (Lipinski definition) is 5. The first-order valence-electron chi connectivity index (χ1n) is 27.7. The molecule has 6 heteroatoms. The van der Waals surface area contributed by atoms with Crippen molar-refractivity contribution in [2.75, 3.05) is 13.2 Å². The molecule has 3 N–H and O–H groups in total. The number of aliphatic hydroxyl groups excluding tert-OH is 2. The Kier molecular flexibility index (Phi) is 51.1. The van der Waals surface area contributed by atoms with E-state index in [4.69, 9.17) is 4.74 Å². The molecule has 0 aliphatic rings. The van der Waals surface area contributed by atoms with Gasteiger partial charge in [0.15, 0.2) is 0 Å². The molecular formula is C57H107NO5. The fourth-order valence-corrected chi connectivity index (χ4v) is 8.37. The molecule has 0 aromatic rings. The molecule has 63 heavy (non-hydrogen) atoms. The number of carbonyl (C=O) groups excluding carboxylic acids is 2. The Bertz CT molecular complexity index is 1020. The predicted octanol–water partition coefficient (Wildman–Crippen LogP) is 16.9. The molecular weight excluding hydrogens is 779 g/mol. The zero-order valence-electron chi connectivity index (χ0n) is 42.1. The van der Waals surface area contributed by atoms with Gasteiger partial charge in [0.2, 0.25) is 5.91 Å². The van der Waals surface area contributed by atoms with Gasteiger partial charge in [-0.15, -0.1) is 0 Å². The average molecular weight is 886 g/mol. The van der Waals surface area contributed by atoms with Gasteiger partial charge >= 0.3 is 5.97 Å². The van der Waals surface area contributed by atoms with Crippen LogP contribution >= 0.6 is 0 Å². The van der Waals surface area contributed by atoms with E-state index in [2.05, 4.69) is 55.6 Å². The molecule has 0 saturated heterocycles. The Labute approximate surface area is 392 Å². The Morgan fingerprint density at radius 3 is 1.25 bits per heavy atom. The van der Waals surface area contributed by atoms with Crippen LogP contribution in [0.5, 0.6) is 0 Å². The molecule has 6 nitrogen and oxygen atoms in total. The third kappa shape index (κ3) is 49.4. The molecule has 0 fully saturated rings. The van der Waals surface area contributed by atoms with Crippen molar-refractivity contribution in [1.29, 1.82) is 0 Å². The summed E-state index contributed by atoms with van der Waals surface area (Å²) in [4.78, 5) is 24.5. The summed E-state index contributed by atoms with van der Waals surface area (Å²) >= 11 is 0. The van der Waals surface area contributed by atoms with Crippen LogP contribution in [0.3, 0.4) is 0 Å². The van der Waals surface area contributed by atoms with Crippen molar-refractivity contribution in [3.8, 4) is 0 Å². The zero-order valence-corrected chi connectivity index (χ0v) is 42.1. The Morgan fingerprint density at radius 1 is 0.444 bits per heavy atom. The first-order chi connectivity index (χ1) is 31.0. The average Bonchev–Trinajstić information content (AvgIpc) is 3.28. The summed E-state index contributed by atoms with van der Waals surface area (Å²) in [5.41, 5.74) is 0. The van der Waals surface area contributed by atoms with E-state index >= 15 is 0 Å². The van der Waals surface area contributed by atoms with Gasteiger partial charge in [-0.2, -0.15) is 0 Å². The van der Waals surface area contributed by atoms with Gasteiger partial charge in [-0.1, -0.05) is 230 Å². The highest BCUT2D eigenvalue weighted by molar-refractivity contribution is 5.76. The summed E-state index contributed by atoms with van der Waals surface area (Å²) in [6.07, 6.45) is 64.1. The number of hydrogen-bond donors (Lipinski definition) is 3. The van der Waals surface area contributed by atoms with Crippen LogP contribution in [0.15, 0.2) is 36.5 Å². The lowest BCUT2D eigenvalue weighted by atomic mass is 10.0. The number of allylic oxidation sites excluding steroid dienone is 6. The first kappa shape index (κ1) is 61.1. The van der Waals surface area contributed by atoms with Crippen LogP contribution in [-0.2, 0) is 14.3 Å². The molecule has 0 rings (SSSR count). The smallest absolute Gasteiger partial charge is 0.305 e. The van der Waals surface area contributed by atoms with Gasteiger partial charge < -0.3 is 20.3 Å². The molecule has 2 unspecified atom stereocenters. The third-order valence-corrected chi connectivity index (χ3v) is 12.7. The summed E-state index contributed by atoms with van der Waals surface area (Å²) < 4.78 is 5.47. The van der Waals surface area contributed by atoms with Crippen molar-refractivity contribution in [3.05, 3.63) is 36.5 Å². The normalized spacial score (nSPS) is 12.9. The van der Waals surface area contributed by atoms with Gasteiger partial charge in [0.25, 0.3) is 0 Å². The van der Waals surface area contributed by atoms with Gasteiger partial charge in [-0.05, 0) is 83.5 Å². The van der Waals surface area contributed by atoms with Crippen LogP contribution in [0.2, 0.25) is 0 Å². The molecule has 0 heterocycles. The lowest BCUT2D eigenvalue weighted by molar-refractivity contribution is -0.143. The fourth-order valence-electron chi connectivity index (χ4n) is 8.37. The summed E-state index contributed by atoms with van der Waals surface area (Å²) in [7, 11) is 0. The van der Waals surface area contributed by atoms with Gasteiger partial charge in [-0.25, -0.2) is 0 Å². The van der Waals surface area contributed by atoms with E-state index in [1.54, 1.807) is 0 Å². The van der Waals surface area contributed by atoms with E-state index in [0.717, 1.165) is 77.0 Å². The van der Waals surface area contributed by atoms with E-state index in [1.165, 1.54) is 180 Å².